The van der Waals surface area contributed by atoms with Crippen LogP contribution in [0.15, 0.2) is 18.2 Å². The van der Waals surface area contributed by atoms with Gasteiger partial charge in [-0.2, -0.15) is 9.65 Å². The van der Waals surface area contributed by atoms with Gasteiger partial charge in [-0.15, -0.1) is 0 Å². The maximum atomic E-state index is 13.2. The lowest BCUT2D eigenvalue weighted by Gasteiger charge is -2.15. The van der Waals surface area contributed by atoms with E-state index in [-0.39, 0.29) is 18.4 Å². The van der Waals surface area contributed by atoms with Gasteiger partial charge in [0.25, 0.3) is 0 Å². The summed E-state index contributed by atoms with van der Waals surface area (Å²) in [6.45, 7) is 3.73. The Balaban J connectivity index is 2.60. The Kier molecular flexibility index (Phi) is 4.85. The van der Waals surface area contributed by atoms with Gasteiger partial charge in [-0.05, 0) is 26.0 Å². The number of rotatable bonds is 5. The predicted molar refractivity (Wildman–Crippen MR) is 59.5 cm³/mol. The summed E-state index contributed by atoms with van der Waals surface area (Å²) in [5.41, 5.74) is 0. The first-order valence-electron chi connectivity index (χ1n) is 5.27. The molecule has 1 aromatic rings. The van der Waals surface area contributed by atoms with Crippen LogP contribution in [0.4, 0.5) is 8.78 Å². The number of halogens is 2. The Morgan fingerprint density at radius 3 is 2.71 bits per heavy atom. The average molecular weight is 240 g/mol. The smallest absolute Gasteiger partial charge is 0.200 e. The second-order valence-electron chi connectivity index (χ2n) is 3.87. The fourth-order valence-electron chi connectivity index (χ4n) is 1.29. The summed E-state index contributed by atoms with van der Waals surface area (Å²) in [7, 11) is 0. The highest BCUT2D eigenvalue weighted by atomic mass is 19.2. The van der Waals surface area contributed by atoms with Crippen LogP contribution < -0.4 is 10.1 Å². The molecular weight excluding hydrogens is 226 g/mol. The van der Waals surface area contributed by atoms with Crippen molar-refractivity contribution < 1.29 is 13.5 Å². The molecule has 3 nitrogen and oxygen atoms in total. The molecule has 0 bridgehead atoms. The number of hydrogen-bond donors (Lipinski definition) is 1. The van der Waals surface area contributed by atoms with Gasteiger partial charge >= 0.3 is 0 Å². The number of nitrogens with one attached hydrogen (secondary N) is 1. The van der Waals surface area contributed by atoms with Crippen LogP contribution in [-0.4, -0.2) is 18.7 Å². The molecule has 17 heavy (non-hydrogen) atoms. The highest BCUT2D eigenvalue weighted by Crippen LogP contribution is 2.19. The highest BCUT2D eigenvalue weighted by Gasteiger charge is 2.13. The van der Waals surface area contributed by atoms with E-state index in [0.717, 1.165) is 6.07 Å². The van der Waals surface area contributed by atoms with Crippen molar-refractivity contribution in [1.82, 2.24) is 5.32 Å². The van der Waals surface area contributed by atoms with E-state index in [2.05, 4.69) is 5.32 Å². The molecule has 1 unspecified atom stereocenters. The summed E-state index contributed by atoms with van der Waals surface area (Å²) in [4.78, 5) is 0. The molecule has 0 amide bonds. The van der Waals surface area contributed by atoms with E-state index in [4.69, 9.17) is 10.00 Å². The monoisotopic (exact) mass is 240 g/mol. The normalized spacial score (nSPS) is 12.2. The average Bonchev–Trinajstić information content (AvgIpc) is 2.28. The first-order chi connectivity index (χ1) is 8.04. The second-order valence-corrected chi connectivity index (χ2v) is 3.87. The first kappa shape index (κ1) is 13.4. The molecule has 1 N–H and O–H groups in total. The van der Waals surface area contributed by atoms with Crippen molar-refractivity contribution in [2.45, 2.75) is 25.9 Å². The second kappa shape index (κ2) is 6.16. The standard InChI is InChI=1S/C12H14F2N2O/c1-8(2)16-9(6-15)7-17-11-5-3-4-10(13)12(11)14/h3-5,8-9,16H,7H2,1-2H3. The van der Waals surface area contributed by atoms with Gasteiger partial charge in [0.05, 0.1) is 6.07 Å². The van der Waals surface area contributed by atoms with Crippen molar-refractivity contribution in [2.24, 2.45) is 0 Å². The zero-order valence-corrected chi connectivity index (χ0v) is 9.71. The molecule has 1 atom stereocenters. The van der Waals surface area contributed by atoms with Gasteiger partial charge in [0.1, 0.15) is 12.6 Å². The van der Waals surface area contributed by atoms with Crippen LogP contribution in [0.1, 0.15) is 13.8 Å². The van der Waals surface area contributed by atoms with Crippen LogP contribution in [0.3, 0.4) is 0 Å². The SMILES string of the molecule is CC(C)NC(C#N)COc1cccc(F)c1F. The molecule has 0 saturated heterocycles. The minimum atomic E-state index is -1.03. The maximum absolute atomic E-state index is 13.2. The van der Waals surface area contributed by atoms with Crippen molar-refractivity contribution >= 4 is 0 Å². The maximum Gasteiger partial charge on any atom is 0.200 e. The van der Waals surface area contributed by atoms with E-state index in [1.54, 1.807) is 0 Å². The summed E-state index contributed by atoms with van der Waals surface area (Å²) in [6.07, 6.45) is 0. The van der Waals surface area contributed by atoms with E-state index in [0.29, 0.717) is 0 Å². The molecule has 0 spiro atoms. The molecule has 0 saturated carbocycles. The zero-order valence-electron chi connectivity index (χ0n) is 9.71. The lowest BCUT2D eigenvalue weighted by atomic mass is 10.3. The first-order valence-corrected chi connectivity index (χ1v) is 5.27. The van der Waals surface area contributed by atoms with Crippen molar-refractivity contribution in [3.05, 3.63) is 29.8 Å². The number of benzene rings is 1. The predicted octanol–water partition coefficient (Wildman–Crippen LogP) is 2.23. The molecule has 1 aromatic carbocycles. The summed E-state index contributed by atoms with van der Waals surface area (Å²) in [6, 6.07) is 5.22. The molecule has 0 aromatic heterocycles. The summed E-state index contributed by atoms with van der Waals surface area (Å²) in [5, 5.41) is 11.7. The van der Waals surface area contributed by atoms with E-state index in [1.165, 1.54) is 12.1 Å². The molecule has 5 heteroatoms. The van der Waals surface area contributed by atoms with Crippen LogP contribution >= 0.6 is 0 Å². The quantitative estimate of drug-likeness (QED) is 0.858. The number of ether oxygens (including phenoxy) is 1. The van der Waals surface area contributed by atoms with Crippen molar-refractivity contribution in [2.75, 3.05) is 6.61 Å². The Labute approximate surface area is 99.0 Å². The Bertz CT molecular complexity index is 415. The van der Waals surface area contributed by atoms with Gasteiger partial charge in [0.15, 0.2) is 11.6 Å². The van der Waals surface area contributed by atoms with Crippen molar-refractivity contribution in [3.8, 4) is 11.8 Å². The van der Waals surface area contributed by atoms with E-state index in [1.807, 2.05) is 19.9 Å². The lowest BCUT2D eigenvalue weighted by Crippen LogP contribution is -2.38. The third-order valence-corrected chi connectivity index (χ3v) is 2.01. The van der Waals surface area contributed by atoms with E-state index in [9.17, 15) is 8.78 Å². The van der Waals surface area contributed by atoms with Crippen LogP contribution in [0, 0.1) is 23.0 Å². The summed E-state index contributed by atoms with van der Waals surface area (Å²) in [5.74, 6) is -2.18. The topological polar surface area (TPSA) is 45.0 Å². The largest absolute Gasteiger partial charge is 0.488 e. The Morgan fingerprint density at radius 1 is 1.41 bits per heavy atom. The Hall–Kier alpha value is -1.67. The summed E-state index contributed by atoms with van der Waals surface area (Å²) >= 11 is 0. The van der Waals surface area contributed by atoms with Gasteiger partial charge < -0.3 is 4.74 Å². The molecule has 0 heterocycles. The fourth-order valence-corrected chi connectivity index (χ4v) is 1.29. The highest BCUT2D eigenvalue weighted by molar-refractivity contribution is 5.25. The molecule has 0 aliphatic rings. The van der Waals surface area contributed by atoms with Crippen LogP contribution in [0.5, 0.6) is 5.75 Å². The minimum Gasteiger partial charge on any atom is -0.488 e. The molecule has 0 aliphatic heterocycles. The van der Waals surface area contributed by atoms with Gasteiger partial charge in [0.2, 0.25) is 5.82 Å². The third kappa shape index (κ3) is 4.00. The van der Waals surface area contributed by atoms with Crippen molar-refractivity contribution in [1.29, 1.82) is 5.26 Å². The van der Waals surface area contributed by atoms with Gasteiger partial charge in [-0.25, -0.2) is 4.39 Å². The van der Waals surface area contributed by atoms with Gasteiger partial charge in [-0.3, -0.25) is 5.32 Å². The van der Waals surface area contributed by atoms with Gasteiger partial charge in [-0.1, -0.05) is 6.07 Å². The van der Waals surface area contributed by atoms with Gasteiger partial charge in [0, 0.05) is 6.04 Å². The van der Waals surface area contributed by atoms with Crippen molar-refractivity contribution in [3.63, 3.8) is 0 Å². The molecule has 0 fully saturated rings. The van der Waals surface area contributed by atoms with E-state index >= 15 is 0 Å². The fraction of sp³-hybridized carbons (Fsp3) is 0.417. The third-order valence-electron chi connectivity index (χ3n) is 2.01. The molecular formula is C12H14F2N2O. The summed E-state index contributed by atoms with van der Waals surface area (Å²) < 4.78 is 31.1. The molecule has 0 radical (unpaired) electrons. The minimum absolute atomic E-state index is 0.0327. The molecule has 1 rings (SSSR count). The van der Waals surface area contributed by atoms with Crippen LogP contribution in [-0.2, 0) is 0 Å². The van der Waals surface area contributed by atoms with Crippen LogP contribution in [0.2, 0.25) is 0 Å². The number of nitrogens with zero attached hydrogens (tertiary/aromatic N) is 1. The molecule has 0 aliphatic carbocycles. The number of nitriles is 1. The Morgan fingerprint density at radius 2 is 2.12 bits per heavy atom. The lowest BCUT2D eigenvalue weighted by molar-refractivity contribution is 0.266. The zero-order chi connectivity index (χ0) is 12.8. The van der Waals surface area contributed by atoms with Crippen LogP contribution in [0.25, 0.3) is 0 Å². The van der Waals surface area contributed by atoms with E-state index < -0.39 is 17.7 Å². The molecule has 92 valence electrons. The number of hydrogen-bond acceptors (Lipinski definition) is 3.